The van der Waals surface area contributed by atoms with Crippen LogP contribution in [-0.4, -0.2) is 113 Å². The molecule has 2 aliphatic heterocycles. The molecule has 502 valence electrons. The Labute approximate surface area is 577 Å². The summed E-state index contributed by atoms with van der Waals surface area (Å²) in [6, 6.07) is 34.3. The quantitative estimate of drug-likeness (QED) is 0.0690. The van der Waals surface area contributed by atoms with Gasteiger partial charge in [0.1, 0.15) is 0 Å². The number of allylic oxidation sites excluding steroid dienone is 4. The predicted molar refractivity (Wildman–Crippen MR) is 407 cm³/mol. The number of hydrogen-bond acceptors (Lipinski definition) is 8. The number of para-hydroxylation sites is 4. The van der Waals surface area contributed by atoms with Gasteiger partial charge >= 0.3 is 433 Å². The Balaban J connectivity index is 0.000000288. The van der Waals surface area contributed by atoms with Crippen LogP contribution < -0.4 is 18.9 Å². The summed E-state index contributed by atoms with van der Waals surface area (Å²) in [5.74, 6) is 2.78. The van der Waals surface area contributed by atoms with Gasteiger partial charge in [0.25, 0.3) is 0 Å². The van der Waals surface area contributed by atoms with E-state index in [1.165, 1.54) is 104 Å². The Morgan fingerprint density at radius 1 is 0.391 bits per heavy atom. The first kappa shape index (κ1) is 79.0. The van der Waals surface area contributed by atoms with Gasteiger partial charge in [0.05, 0.1) is 0 Å². The summed E-state index contributed by atoms with van der Waals surface area (Å²) in [6.45, 7) is 48.9. The first-order valence-electron chi connectivity index (χ1n) is 33.9. The van der Waals surface area contributed by atoms with Crippen LogP contribution in [0.4, 0.5) is 34.1 Å². The number of unbranched alkanes of at least 4 members (excludes halogenated alkanes) is 3. The van der Waals surface area contributed by atoms with Crippen molar-refractivity contribution in [2.45, 2.75) is 225 Å². The Bertz CT molecular complexity index is 3110. The smallest absolute Gasteiger partial charge is 0.0391 e. The van der Waals surface area contributed by atoms with Crippen LogP contribution in [0.3, 0.4) is 0 Å². The molecule has 4 aromatic carbocycles. The monoisotopic (exact) mass is 1410 g/mol. The maximum atomic E-state index is 12.6. The van der Waals surface area contributed by atoms with Gasteiger partial charge in [-0.3, -0.25) is 9.97 Å². The van der Waals surface area contributed by atoms with Crippen molar-refractivity contribution in [3.8, 4) is 0 Å². The van der Waals surface area contributed by atoms with Crippen molar-refractivity contribution in [3.05, 3.63) is 190 Å². The predicted octanol–water partition coefficient (Wildman–Crippen LogP) is 19.5. The third-order valence-electron chi connectivity index (χ3n) is 17.0. The van der Waals surface area contributed by atoms with E-state index < -0.39 is 14.5 Å². The first-order valence-corrected chi connectivity index (χ1v) is 42.5. The molecule has 0 saturated heterocycles. The van der Waals surface area contributed by atoms with E-state index in [4.69, 9.17) is 0 Å². The molecule has 0 fully saturated rings. The van der Waals surface area contributed by atoms with E-state index in [9.17, 15) is 9.59 Å². The molecule has 2 aromatic heterocycles. The third-order valence-corrected chi connectivity index (χ3v) is 26.2. The zero-order chi connectivity index (χ0) is 69.3. The van der Waals surface area contributed by atoms with Gasteiger partial charge in [-0.2, -0.15) is 0 Å². The van der Waals surface area contributed by atoms with Crippen molar-refractivity contribution < 1.29 is 18.1 Å². The summed E-state index contributed by atoms with van der Waals surface area (Å²) in [6.07, 6.45) is 17.2. The minimum Gasteiger partial charge on any atom is -0.378 e. The molecular weight excluding hydrogens is 1300 g/mol. The number of pyridine rings is 2. The van der Waals surface area contributed by atoms with Crippen molar-refractivity contribution >= 4 is 90.8 Å². The standard InChI is InChI=1S/2C29H42N2OSeSi.2C7H10N2.C6H14/c2*1-18(2)24-13-11-14-25(19(3)4)28(24)30-22(9)17-23(10)31(34(30,32)33)29-26(20(5)6)15-12-16-27(29)21(7)8;2*1-9(2)7-3-5-8-6-4-7;1-3-5-6-4-2/h2*11-21,32H,1-10H3;2*3-6H,1-2H3;3-6H2,1-2H3. The fourth-order valence-corrected chi connectivity index (χ4v) is 22.8. The number of anilines is 4. The zero-order valence-corrected chi connectivity index (χ0v) is 66.9. The SMILES string of the molecule is CC1=CC(C)=[N+](c2c(C(C)C)cccc2C(C)C)[Si@@](O)([Se-])N1c1c(C(C)C)cccc1C(C)C.CC1=CC(C)=[N+](c2c(C(C)C)cccc2C(C)C)[Si@](O)([Se-])N1c1c(C(C)C)cccc1C(C)C.CCCCCC.CN(C)c1ccncc1.CN(C)c1ccncc1. The molecule has 92 heavy (non-hydrogen) atoms. The normalized spacial score (nSPS) is 16.5. The molecule has 0 amide bonds. The molecule has 0 bridgehead atoms. The number of aromatic nitrogens is 2. The second kappa shape index (κ2) is 35.9. The van der Waals surface area contributed by atoms with E-state index in [0.717, 1.165) is 22.8 Å². The van der Waals surface area contributed by atoms with Gasteiger partial charge in [0.2, 0.25) is 0 Å². The van der Waals surface area contributed by atoms with Crippen LogP contribution in [0.25, 0.3) is 0 Å². The maximum Gasteiger partial charge on any atom is 0.0391 e. The van der Waals surface area contributed by atoms with E-state index in [1.807, 2.05) is 62.3 Å². The van der Waals surface area contributed by atoms with Crippen molar-refractivity contribution in [1.29, 1.82) is 0 Å². The second-order valence-electron chi connectivity index (χ2n) is 27.6. The molecule has 6 aromatic rings. The summed E-state index contributed by atoms with van der Waals surface area (Å²) < 4.78 is 9.02. The van der Waals surface area contributed by atoms with Gasteiger partial charge in [-0.1, -0.05) is 39.5 Å². The summed E-state index contributed by atoms with van der Waals surface area (Å²) >= 11 is 6.73. The van der Waals surface area contributed by atoms with Gasteiger partial charge in [-0.15, -0.1) is 0 Å². The largest absolute Gasteiger partial charge is 0.378 e. The van der Waals surface area contributed by atoms with Crippen LogP contribution in [0.1, 0.15) is 270 Å². The van der Waals surface area contributed by atoms with Crippen LogP contribution in [0.15, 0.2) is 145 Å². The molecule has 0 radical (unpaired) electrons. The topological polar surface area (TPSA) is 85.2 Å². The number of rotatable bonds is 17. The van der Waals surface area contributed by atoms with E-state index in [0.29, 0.717) is 47.3 Å². The molecule has 0 spiro atoms. The number of hydrogen-bond donors (Lipinski definition) is 2. The summed E-state index contributed by atoms with van der Waals surface area (Å²) in [4.78, 5) is 37.2. The van der Waals surface area contributed by atoms with Crippen molar-refractivity contribution in [2.75, 3.05) is 47.1 Å². The Hall–Kier alpha value is -5.41. The fourth-order valence-electron chi connectivity index (χ4n) is 12.1. The van der Waals surface area contributed by atoms with Crippen LogP contribution in [-0.2, 0) is 0 Å². The summed E-state index contributed by atoms with van der Waals surface area (Å²) in [5, 5.41) is 0. The van der Waals surface area contributed by atoms with Gasteiger partial charge < -0.3 is 9.80 Å². The second-order valence-corrected chi connectivity index (χ2v) is 38.6. The zero-order valence-electron chi connectivity index (χ0n) is 61.4. The fraction of sp³-hybridized carbons (Fsp3) is 0.487. The van der Waals surface area contributed by atoms with Crippen molar-refractivity contribution in [3.63, 3.8) is 0 Å². The molecule has 0 unspecified atom stereocenters. The van der Waals surface area contributed by atoms with Crippen molar-refractivity contribution in [1.82, 2.24) is 9.97 Å². The summed E-state index contributed by atoms with van der Waals surface area (Å²) in [5.41, 5.74) is 21.6. The van der Waals surface area contributed by atoms with Crippen molar-refractivity contribution in [2.24, 2.45) is 0 Å². The van der Waals surface area contributed by atoms with Gasteiger partial charge in [-0.05, 0) is 24.3 Å². The van der Waals surface area contributed by atoms with E-state index in [-0.39, 0.29) is 0 Å². The van der Waals surface area contributed by atoms with Crippen LogP contribution in [0.5, 0.6) is 0 Å². The average molecular weight is 1410 g/mol. The summed E-state index contributed by atoms with van der Waals surface area (Å²) in [7, 11) is 1.38. The van der Waals surface area contributed by atoms with E-state index in [2.05, 4.69) is 296 Å². The van der Waals surface area contributed by atoms with Gasteiger partial charge in [0.15, 0.2) is 0 Å². The molecular formula is C78H118N8O2Se2Si2. The molecule has 0 aliphatic carbocycles. The molecule has 8 rings (SSSR count). The molecule has 2 atom stereocenters. The number of nitrogens with zero attached hydrogens (tertiary/aromatic N) is 8. The van der Waals surface area contributed by atoms with Crippen LogP contribution in [0.2, 0.25) is 0 Å². The molecule has 10 nitrogen and oxygen atoms in total. The van der Waals surface area contributed by atoms with Crippen LogP contribution in [0, 0.1) is 0 Å². The van der Waals surface area contributed by atoms with E-state index >= 15 is 0 Å². The molecule has 2 aliphatic rings. The van der Waals surface area contributed by atoms with Gasteiger partial charge in [0, 0.05) is 64.4 Å². The minimum atomic E-state index is -3.33. The van der Waals surface area contributed by atoms with E-state index in [1.54, 1.807) is 24.8 Å². The number of benzene rings is 4. The molecule has 2 N–H and O–H groups in total. The molecule has 14 heteroatoms. The first-order chi connectivity index (χ1) is 43.1. The van der Waals surface area contributed by atoms with Crippen LogP contribution >= 0.6 is 0 Å². The Morgan fingerprint density at radius 3 is 0.793 bits per heavy atom. The third kappa shape index (κ3) is 19.6. The average Bonchev–Trinajstić information content (AvgIpc) is 0.734. The van der Waals surface area contributed by atoms with Gasteiger partial charge in [-0.25, -0.2) is 0 Å². The Morgan fingerprint density at radius 2 is 0.609 bits per heavy atom. The minimum absolute atomic E-state index is 0.348. The molecule has 4 heterocycles. The molecule has 0 saturated carbocycles. The Kier molecular flexibility index (Phi) is 30.9. The maximum absolute atomic E-state index is 12.6.